The van der Waals surface area contributed by atoms with Crippen LogP contribution in [0.15, 0.2) is 29.4 Å². The molecule has 5 heteroatoms. The molecule has 0 saturated carbocycles. The number of benzene rings is 1. The number of rotatable bonds is 4. The van der Waals surface area contributed by atoms with E-state index in [1.54, 1.807) is 12.1 Å². The Morgan fingerprint density at radius 2 is 2.12 bits per heavy atom. The second-order valence-electron chi connectivity index (χ2n) is 3.30. The quantitative estimate of drug-likeness (QED) is 0.216. The Labute approximate surface area is 98.9 Å². The van der Waals surface area contributed by atoms with Gasteiger partial charge in [0.05, 0.1) is 4.92 Å². The molecule has 0 aliphatic heterocycles. The smallest absolute Gasteiger partial charge is 0.269 e. The van der Waals surface area contributed by atoms with E-state index in [4.69, 9.17) is 5.21 Å². The molecule has 1 rings (SSSR count). The Balaban J connectivity index is 2.46. The average molecular weight is 232 g/mol. The van der Waals surface area contributed by atoms with Crippen LogP contribution >= 0.6 is 0 Å². The monoisotopic (exact) mass is 232 g/mol. The van der Waals surface area contributed by atoms with Crippen LogP contribution in [0.5, 0.6) is 0 Å². The number of hydrogen-bond donors (Lipinski definition) is 1. The van der Waals surface area contributed by atoms with Crippen LogP contribution in [0, 0.1) is 22.0 Å². The molecule has 5 nitrogen and oxygen atoms in total. The van der Waals surface area contributed by atoms with E-state index in [0.29, 0.717) is 12.8 Å². The van der Waals surface area contributed by atoms with E-state index in [9.17, 15) is 10.1 Å². The maximum atomic E-state index is 10.4. The lowest BCUT2D eigenvalue weighted by Crippen LogP contribution is -1.86. The van der Waals surface area contributed by atoms with Gasteiger partial charge in [0.25, 0.3) is 5.69 Å². The third kappa shape index (κ3) is 4.80. The van der Waals surface area contributed by atoms with Crippen LogP contribution in [-0.2, 0) is 0 Å². The zero-order chi connectivity index (χ0) is 12.5. The van der Waals surface area contributed by atoms with E-state index in [0.717, 1.165) is 12.0 Å². The molecule has 1 aromatic carbocycles. The highest BCUT2D eigenvalue weighted by Crippen LogP contribution is 2.10. The Bertz CT molecular complexity index is 455. The summed E-state index contributed by atoms with van der Waals surface area (Å²) in [6.45, 7) is 0. The summed E-state index contributed by atoms with van der Waals surface area (Å²) in [6.07, 6.45) is 3.63. The minimum atomic E-state index is -0.439. The molecule has 0 atom stereocenters. The zero-order valence-corrected chi connectivity index (χ0v) is 9.17. The van der Waals surface area contributed by atoms with E-state index < -0.39 is 4.92 Å². The highest BCUT2D eigenvalue weighted by molar-refractivity contribution is 5.55. The van der Waals surface area contributed by atoms with Crippen LogP contribution in [0.4, 0.5) is 5.69 Å². The predicted molar refractivity (Wildman–Crippen MR) is 64.1 cm³/mol. The highest BCUT2D eigenvalue weighted by Gasteiger charge is 2.01. The van der Waals surface area contributed by atoms with Gasteiger partial charge in [-0.3, -0.25) is 10.1 Å². The molecule has 0 unspecified atom stereocenters. The van der Waals surface area contributed by atoms with Crippen LogP contribution in [0.3, 0.4) is 0 Å². The summed E-state index contributed by atoms with van der Waals surface area (Å²) in [5.74, 6) is 5.85. The molecule has 0 fully saturated rings. The molecule has 1 N–H and O–H groups in total. The van der Waals surface area contributed by atoms with Crippen molar-refractivity contribution in [2.45, 2.75) is 19.3 Å². The van der Waals surface area contributed by atoms with Gasteiger partial charge in [-0.2, -0.15) is 0 Å². The molecule has 0 aromatic heterocycles. The summed E-state index contributed by atoms with van der Waals surface area (Å²) in [4.78, 5) is 9.97. The third-order valence-electron chi connectivity index (χ3n) is 2.03. The van der Waals surface area contributed by atoms with Gasteiger partial charge in [-0.25, -0.2) is 0 Å². The minimum absolute atomic E-state index is 0.0645. The first-order chi connectivity index (χ1) is 8.24. The fourth-order valence-corrected chi connectivity index (χ4v) is 1.17. The maximum Gasteiger partial charge on any atom is 0.269 e. The van der Waals surface area contributed by atoms with Crippen molar-refractivity contribution in [1.29, 1.82) is 0 Å². The first-order valence-electron chi connectivity index (χ1n) is 5.13. The molecule has 0 spiro atoms. The molecule has 1 aromatic rings. The fourth-order valence-electron chi connectivity index (χ4n) is 1.17. The lowest BCUT2D eigenvalue weighted by molar-refractivity contribution is -0.384. The summed E-state index contributed by atoms with van der Waals surface area (Å²) in [7, 11) is 0. The number of nitro benzene ring substituents is 1. The van der Waals surface area contributed by atoms with Gasteiger partial charge in [-0.15, -0.1) is 5.16 Å². The SMILES string of the molecule is O=[N+]([O-])c1ccc(C#CCCC/C=N/O)cc1. The molecule has 0 radical (unpaired) electrons. The lowest BCUT2D eigenvalue weighted by Gasteiger charge is -1.91. The van der Waals surface area contributed by atoms with E-state index >= 15 is 0 Å². The normalized spacial score (nSPS) is 9.88. The van der Waals surface area contributed by atoms with Gasteiger partial charge in [-0.1, -0.05) is 11.8 Å². The van der Waals surface area contributed by atoms with Crippen molar-refractivity contribution in [3.63, 3.8) is 0 Å². The van der Waals surface area contributed by atoms with Gasteiger partial charge in [0.15, 0.2) is 0 Å². The Morgan fingerprint density at radius 1 is 1.41 bits per heavy atom. The lowest BCUT2D eigenvalue weighted by atomic mass is 10.2. The van der Waals surface area contributed by atoms with Crippen LogP contribution in [0.2, 0.25) is 0 Å². The van der Waals surface area contributed by atoms with Gasteiger partial charge in [-0.05, 0) is 25.0 Å². The number of nitro groups is 1. The maximum absolute atomic E-state index is 10.4. The van der Waals surface area contributed by atoms with Gasteiger partial charge >= 0.3 is 0 Å². The molecule has 17 heavy (non-hydrogen) atoms. The highest BCUT2D eigenvalue weighted by atomic mass is 16.6. The molecule has 0 heterocycles. The first-order valence-corrected chi connectivity index (χ1v) is 5.13. The van der Waals surface area contributed by atoms with E-state index in [1.807, 2.05) is 0 Å². The summed E-state index contributed by atoms with van der Waals surface area (Å²) >= 11 is 0. The van der Waals surface area contributed by atoms with Crippen LogP contribution in [0.1, 0.15) is 24.8 Å². The van der Waals surface area contributed by atoms with Crippen molar-refractivity contribution in [1.82, 2.24) is 0 Å². The molecular weight excluding hydrogens is 220 g/mol. The van der Waals surface area contributed by atoms with E-state index in [1.165, 1.54) is 18.3 Å². The standard InChI is InChI=1S/C12H12N2O3/c15-13-10-4-2-1-3-5-11-6-8-12(9-7-11)14(16)17/h6-10,15H,1-2,4H2/b13-10+. The zero-order valence-electron chi connectivity index (χ0n) is 9.17. The summed E-state index contributed by atoms with van der Waals surface area (Å²) in [6, 6.07) is 6.12. The first kappa shape index (κ1) is 12.7. The van der Waals surface area contributed by atoms with E-state index in [2.05, 4.69) is 17.0 Å². The number of nitrogens with zero attached hydrogens (tertiary/aromatic N) is 2. The van der Waals surface area contributed by atoms with Crippen molar-refractivity contribution < 1.29 is 10.1 Å². The van der Waals surface area contributed by atoms with Gasteiger partial charge in [0, 0.05) is 30.3 Å². The second-order valence-corrected chi connectivity index (χ2v) is 3.30. The summed E-state index contributed by atoms with van der Waals surface area (Å²) in [5.41, 5.74) is 0.820. The number of oxime groups is 1. The van der Waals surface area contributed by atoms with Crippen LogP contribution in [0.25, 0.3) is 0 Å². The summed E-state index contributed by atoms with van der Waals surface area (Å²) in [5, 5.41) is 21.4. The Kier molecular flexibility index (Phi) is 5.25. The number of non-ortho nitro benzene ring substituents is 1. The predicted octanol–water partition coefficient (Wildman–Crippen LogP) is 2.58. The van der Waals surface area contributed by atoms with Crippen molar-refractivity contribution in [2.24, 2.45) is 5.16 Å². The van der Waals surface area contributed by atoms with Crippen molar-refractivity contribution in [2.75, 3.05) is 0 Å². The Morgan fingerprint density at radius 3 is 2.71 bits per heavy atom. The van der Waals surface area contributed by atoms with Crippen LogP contribution < -0.4 is 0 Å². The molecule has 0 saturated heterocycles. The van der Waals surface area contributed by atoms with Gasteiger partial charge in [0.2, 0.25) is 0 Å². The van der Waals surface area contributed by atoms with Gasteiger partial charge < -0.3 is 5.21 Å². The molecule has 0 bridgehead atoms. The number of hydrogen-bond acceptors (Lipinski definition) is 4. The van der Waals surface area contributed by atoms with Crippen molar-refractivity contribution in [3.05, 3.63) is 39.9 Å². The average Bonchev–Trinajstić information content (AvgIpc) is 2.34. The second kappa shape index (κ2) is 7.01. The summed E-state index contributed by atoms with van der Waals surface area (Å²) < 4.78 is 0. The Hall–Kier alpha value is -2.35. The van der Waals surface area contributed by atoms with Gasteiger partial charge in [0.1, 0.15) is 0 Å². The fraction of sp³-hybridized carbons (Fsp3) is 0.250. The molecular formula is C12H12N2O3. The number of unbranched alkanes of at least 4 members (excludes halogenated alkanes) is 2. The van der Waals surface area contributed by atoms with Crippen molar-refractivity contribution in [3.8, 4) is 11.8 Å². The molecule has 88 valence electrons. The molecule has 0 aliphatic carbocycles. The molecule has 0 amide bonds. The largest absolute Gasteiger partial charge is 0.411 e. The van der Waals surface area contributed by atoms with E-state index in [-0.39, 0.29) is 5.69 Å². The van der Waals surface area contributed by atoms with Crippen molar-refractivity contribution >= 4 is 11.9 Å². The third-order valence-corrected chi connectivity index (χ3v) is 2.03. The molecule has 0 aliphatic rings. The van der Waals surface area contributed by atoms with Crippen LogP contribution in [-0.4, -0.2) is 16.3 Å². The minimum Gasteiger partial charge on any atom is -0.411 e. The topological polar surface area (TPSA) is 75.7 Å².